The van der Waals surface area contributed by atoms with E-state index >= 15 is 0 Å². The van der Waals surface area contributed by atoms with Gasteiger partial charge >= 0.3 is 0 Å². The van der Waals surface area contributed by atoms with E-state index in [0.717, 1.165) is 17.8 Å². The second kappa shape index (κ2) is 3.49. The summed E-state index contributed by atoms with van der Waals surface area (Å²) in [6.45, 7) is 4.04. The number of hydrogen-bond donors (Lipinski definition) is 1. The molecule has 0 aliphatic heterocycles. The van der Waals surface area contributed by atoms with Crippen molar-refractivity contribution in [3.63, 3.8) is 0 Å². The summed E-state index contributed by atoms with van der Waals surface area (Å²) in [4.78, 5) is 4.32. The summed E-state index contributed by atoms with van der Waals surface area (Å²) in [5.74, 6) is 0. The quantitative estimate of drug-likeness (QED) is 0.698. The summed E-state index contributed by atoms with van der Waals surface area (Å²) in [6.07, 6.45) is 0.941. The number of hydrogen-bond acceptors (Lipinski definition) is 2. The van der Waals surface area contributed by atoms with Gasteiger partial charge in [-0.2, -0.15) is 0 Å². The fraction of sp³-hybridized carbons (Fsp3) is 0.444. The van der Waals surface area contributed by atoms with E-state index in [-0.39, 0.29) is 6.04 Å². The molecule has 0 saturated carbocycles. The highest BCUT2D eigenvalue weighted by molar-refractivity contribution is 5.12. The Kier molecular flexibility index (Phi) is 2.60. The van der Waals surface area contributed by atoms with Crippen LogP contribution in [-0.2, 0) is 0 Å². The van der Waals surface area contributed by atoms with E-state index in [1.807, 2.05) is 25.1 Å². The highest BCUT2D eigenvalue weighted by atomic mass is 14.8. The van der Waals surface area contributed by atoms with Gasteiger partial charge in [0, 0.05) is 11.7 Å². The Morgan fingerprint density at radius 3 is 2.82 bits per heavy atom. The molecule has 0 radical (unpaired) electrons. The van der Waals surface area contributed by atoms with Crippen LogP contribution in [0.2, 0.25) is 0 Å². The monoisotopic (exact) mass is 150 g/mol. The van der Waals surface area contributed by atoms with Crippen molar-refractivity contribution in [1.29, 1.82) is 0 Å². The van der Waals surface area contributed by atoms with Gasteiger partial charge < -0.3 is 5.73 Å². The molecule has 0 aliphatic carbocycles. The largest absolute Gasteiger partial charge is 0.323 e. The lowest BCUT2D eigenvalue weighted by molar-refractivity contribution is 0.673. The van der Waals surface area contributed by atoms with Gasteiger partial charge in [-0.3, -0.25) is 4.98 Å². The van der Waals surface area contributed by atoms with Gasteiger partial charge in [0.05, 0.1) is 5.69 Å². The topological polar surface area (TPSA) is 38.9 Å². The van der Waals surface area contributed by atoms with Crippen LogP contribution in [-0.4, -0.2) is 4.98 Å². The molecular formula is C9H14N2. The van der Waals surface area contributed by atoms with Crippen LogP contribution in [0.3, 0.4) is 0 Å². The van der Waals surface area contributed by atoms with E-state index < -0.39 is 0 Å². The first-order valence-corrected chi connectivity index (χ1v) is 3.93. The molecule has 11 heavy (non-hydrogen) atoms. The molecule has 1 heterocycles. The molecule has 2 N–H and O–H groups in total. The lowest BCUT2D eigenvalue weighted by Gasteiger charge is -2.07. The maximum absolute atomic E-state index is 5.80. The summed E-state index contributed by atoms with van der Waals surface area (Å²) in [5.41, 5.74) is 7.83. The third-order valence-electron chi connectivity index (χ3n) is 1.73. The van der Waals surface area contributed by atoms with Crippen LogP contribution in [0.5, 0.6) is 0 Å². The Bertz CT molecular complexity index is 233. The summed E-state index contributed by atoms with van der Waals surface area (Å²) >= 11 is 0. The van der Waals surface area contributed by atoms with E-state index in [1.54, 1.807) is 0 Å². The van der Waals surface area contributed by atoms with Gasteiger partial charge in [0.1, 0.15) is 0 Å². The van der Waals surface area contributed by atoms with Crippen molar-refractivity contribution in [1.82, 2.24) is 4.98 Å². The molecule has 0 bridgehead atoms. The Hall–Kier alpha value is -0.890. The predicted octanol–water partition coefficient (Wildman–Crippen LogP) is 1.80. The maximum atomic E-state index is 5.80. The third kappa shape index (κ3) is 2.02. The second-order valence-corrected chi connectivity index (χ2v) is 2.72. The Morgan fingerprint density at radius 1 is 1.55 bits per heavy atom. The van der Waals surface area contributed by atoms with Crippen molar-refractivity contribution in [3.8, 4) is 0 Å². The average Bonchev–Trinajstić information content (AvgIpc) is 2.03. The van der Waals surface area contributed by atoms with Gasteiger partial charge in [-0.25, -0.2) is 0 Å². The van der Waals surface area contributed by atoms with Gasteiger partial charge in [-0.1, -0.05) is 13.0 Å². The lowest BCUT2D eigenvalue weighted by atomic mass is 10.1. The standard InChI is InChI=1S/C9H14N2/c1-3-8(10)9-6-4-5-7(2)11-9/h4-6,8H,3,10H2,1-2H3/t8-/m0/s1. The Labute approximate surface area is 67.5 Å². The number of nitrogens with two attached hydrogens (primary N) is 1. The van der Waals surface area contributed by atoms with Crippen molar-refractivity contribution in [3.05, 3.63) is 29.6 Å². The van der Waals surface area contributed by atoms with Crippen molar-refractivity contribution in [2.24, 2.45) is 5.73 Å². The SMILES string of the molecule is CC[C@H](N)c1cccc(C)n1. The molecule has 0 aromatic carbocycles. The molecule has 0 unspecified atom stereocenters. The predicted molar refractivity (Wildman–Crippen MR) is 46.2 cm³/mol. The normalized spacial score (nSPS) is 13.0. The second-order valence-electron chi connectivity index (χ2n) is 2.72. The van der Waals surface area contributed by atoms with E-state index in [4.69, 9.17) is 5.73 Å². The van der Waals surface area contributed by atoms with Gasteiger partial charge in [-0.05, 0) is 25.5 Å². The van der Waals surface area contributed by atoms with Crippen molar-refractivity contribution in [2.45, 2.75) is 26.3 Å². The van der Waals surface area contributed by atoms with Crippen LogP contribution in [0.1, 0.15) is 30.8 Å². The summed E-state index contributed by atoms with van der Waals surface area (Å²) in [5, 5.41) is 0. The summed E-state index contributed by atoms with van der Waals surface area (Å²) in [6, 6.07) is 6.04. The molecule has 0 spiro atoms. The van der Waals surface area contributed by atoms with Gasteiger partial charge in [0.25, 0.3) is 0 Å². The van der Waals surface area contributed by atoms with E-state index in [2.05, 4.69) is 11.9 Å². The zero-order valence-corrected chi connectivity index (χ0v) is 7.04. The zero-order chi connectivity index (χ0) is 8.27. The van der Waals surface area contributed by atoms with Crippen LogP contribution < -0.4 is 5.73 Å². The van der Waals surface area contributed by atoms with Crippen LogP contribution in [0.4, 0.5) is 0 Å². The van der Waals surface area contributed by atoms with Crippen molar-refractivity contribution in [2.75, 3.05) is 0 Å². The molecule has 0 fully saturated rings. The first-order valence-electron chi connectivity index (χ1n) is 3.93. The van der Waals surface area contributed by atoms with Crippen molar-refractivity contribution < 1.29 is 0 Å². The molecule has 2 nitrogen and oxygen atoms in total. The van der Waals surface area contributed by atoms with Gasteiger partial charge in [0.15, 0.2) is 0 Å². The molecular weight excluding hydrogens is 136 g/mol. The Balaban J connectivity index is 2.86. The molecule has 2 heteroatoms. The van der Waals surface area contributed by atoms with Crippen LogP contribution >= 0.6 is 0 Å². The summed E-state index contributed by atoms with van der Waals surface area (Å²) < 4.78 is 0. The van der Waals surface area contributed by atoms with E-state index in [9.17, 15) is 0 Å². The van der Waals surface area contributed by atoms with Gasteiger partial charge in [-0.15, -0.1) is 0 Å². The molecule has 1 aromatic rings. The maximum Gasteiger partial charge on any atom is 0.0574 e. The average molecular weight is 150 g/mol. The van der Waals surface area contributed by atoms with Crippen LogP contribution in [0.25, 0.3) is 0 Å². The minimum atomic E-state index is 0.0925. The molecule has 1 aromatic heterocycles. The molecule has 0 saturated heterocycles. The number of rotatable bonds is 2. The van der Waals surface area contributed by atoms with Crippen molar-refractivity contribution >= 4 is 0 Å². The number of pyridine rings is 1. The minimum absolute atomic E-state index is 0.0925. The molecule has 0 aliphatic rings. The smallest absolute Gasteiger partial charge is 0.0574 e. The molecule has 1 rings (SSSR count). The van der Waals surface area contributed by atoms with E-state index in [0.29, 0.717) is 0 Å². The summed E-state index contributed by atoms with van der Waals surface area (Å²) in [7, 11) is 0. The first kappa shape index (κ1) is 8.21. The zero-order valence-electron chi connectivity index (χ0n) is 7.04. The molecule has 1 atom stereocenters. The van der Waals surface area contributed by atoms with E-state index in [1.165, 1.54) is 0 Å². The van der Waals surface area contributed by atoms with Crippen LogP contribution in [0.15, 0.2) is 18.2 Å². The third-order valence-corrected chi connectivity index (χ3v) is 1.73. The van der Waals surface area contributed by atoms with Crippen LogP contribution in [0, 0.1) is 6.92 Å². The minimum Gasteiger partial charge on any atom is -0.323 e. The fourth-order valence-electron chi connectivity index (χ4n) is 0.980. The van der Waals surface area contributed by atoms with Gasteiger partial charge in [0.2, 0.25) is 0 Å². The lowest BCUT2D eigenvalue weighted by Crippen LogP contribution is -2.10. The Morgan fingerprint density at radius 2 is 2.27 bits per heavy atom. The highest BCUT2D eigenvalue weighted by Crippen LogP contribution is 2.10. The molecule has 60 valence electrons. The molecule has 0 amide bonds. The first-order chi connectivity index (χ1) is 5.24. The fourth-order valence-corrected chi connectivity index (χ4v) is 0.980. The highest BCUT2D eigenvalue weighted by Gasteiger charge is 2.02. The number of aromatic nitrogens is 1. The number of aryl methyl sites for hydroxylation is 1. The number of nitrogens with zero attached hydrogens (tertiary/aromatic N) is 1.